The van der Waals surface area contributed by atoms with Gasteiger partial charge in [0.25, 0.3) is 0 Å². The number of anilines is 1. The smallest absolute Gasteiger partial charge is 0.230 e. The van der Waals surface area contributed by atoms with E-state index >= 15 is 0 Å². The topological polar surface area (TPSA) is 86.3 Å². The molecular formula is C23H20N6O2S. The Morgan fingerprint density at radius 2 is 2.03 bits per heavy atom. The average Bonchev–Trinajstić information content (AvgIpc) is 3.54. The number of rotatable bonds is 8. The fourth-order valence-electron chi connectivity index (χ4n) is 3.34. The van der Waals surface area contributed by atoms with Crippen LogP contribution in [0, 0.1) is 0 Å². The lowest BCUT2D eigenvalue weighted by atomic mass is 10.2. The Labute approximate surface area is 188 Å². The zero-order valence-electron chi connectivity index (χ0n) is 17.1. The van der Waals surface area contributed by atoms with Crippen LogP contribution in [0.25, 0.3) is 16.2 Å². The van der Waals surface area contributed by atoms with Crippen molar-refractivity contribution in [2.24, 2.45) is 0 Å². The molecule has 8 nitrogen and oxygen atoms in total. The van der Waals surface area contributed by atoms with Crippen LogP contribution in [-0.4, -0.2) is 36.7 Å². The molecule has 0 unspecified atom stereocenters. The molecule has 1 amide bonds. The Morgan fingerprint density at radius 3 is 2.88 bits per heavy atom. The summed E-state index contributed by atoms with van der Waals surface area (Å²) in [5.41, 5.74) is 3.54. The van der Waals surface area contributed by atoms with Gasteiger partial charge in [0.1, 0.15) is 25.0 Å². The number of carbonyl (C=O) groups is 1. The highest BCUT2D eigenvalue weighted by Gasteiger charge is 2.13. The van der Waals surface area contributed by atoms with E-state index < -0.39 is 0 Å². The monoisotopic (exact) mass is 444 g/mol. The van der Waals surface area contributed by atoms with Crippen molar-refractivity contribution in [1.82, 2.24) is 24.1 Å². The molecule has 0 aliphatic rings. The van der Waals surface area contributed by atoms with Crippen LogP contribution in [0.1, 0.15) is 5.69 Å². The number of nitrogens with one attached hydrogen (secondary N) is 1. The zero-order chi connectivity index (χ0) is 21.8. The summed E-state index contributed by atoms with van der Waals surface area (Å²) in [6.07, 6.45) is 5.36. The second kappa shape index (κ2) is 9.03. The number of nitrogens with zero attached hydrogens (tertiary/aromatic N) is 5. The van der Waals surface area contributed by atoms with Gasteiger partial charge in [0, 0.05) is 34.6 Å². The summed E-state index contributed by atoms with van der Waals surface area (Å²) in [4.78, 5) is 22.1. The van der Waals surface area contributed by atoms with E-state index in [-0.39, 0.29) is 12.3 Å². The molecule has 0 saturated carbocycles. The molecule has 5 rings (SSSR count). The van der Waals surface area contributed by atoms with E-state index in [0.717, 1.165) is 21.9 Å². The molecule has 32 heavy (non-hydrogen) atoms. The zero-order valence-corrected chi connectivity index (χ0v) is 17.9. The third-order valence-electron chi connectivity index (χ3n) is 4.87. The maximum atomic E-state index is 12.7. The first-order valence-electron chi connectivity index (χ1n) is 10.1. The summed E-state index contributed by atoms with van der Waals surface area (Å²) >= 11 is 1.53. The van der Waals surface area contributed by atoms with Crippen LogP contribution in [0.15, 0.2) is 78.8 Å². The van der Waals surface area contributed by atoms with Crippen molar-refractivity contribution in [2.45, 2.75) is 13.0 Å². The summed E-state index contributed by atoms with van der Waals surface area (Å²) < 4.78 is 9.44. The van der Waals surface area contributed by atoms with Gasteiger partial charge in [-0.2, -0.15) is 5.10 Å². The van der Waals surface area contributed by atoms with Gasteiger partial charge >= 0.3 is 0 Å². The Morgan fingerprint density at radius 1 is 1.12 bits per heavy atom. The first kappa shape index (κ1) is 20.0. The van der Waals surface area contributed by atoms with Crippen molar-refractivity contribution in [2.75, 3.05) is 11.9 Å². The van der Waals surface area contributed by atoms with Crippen LogP contribution in [0.4, 0.5) is 5.69 Å². The number of aromatic nitrogens is 5. The average molecular weight is 445 g/mol. The Balaban J connectivity index is 1.22. The number of hydrogen-bond acceptors (Lipinski definition) is 6. The molecule has 3 aromatic heterocycles. The Kier molecular flexibility index (Phi) is 5.63. The van der Waals surface area contributed by atoms with E-state index in [4.69, 9.17) is 4.74 Å². The van der Waals surface area contributed by atoms with Crippen molar-refractivity contribution in [3.05, 3.63) is 84.5 Å². The highest BCUT2D eigenvalue weighted by atomic mass is 32.1. The van der Waals surface area contributed by atoms with Crippen molar-refractivity contribution in [3.63, 3.8) is 0 Å². The van der Waals surface area contributed by atoms with Crippen LogP contribution in [0.3, 0.4) is 0 Å². The lowest BCUT2D eigenvalue weighted by Crippen LogP contribution is -2.15. The summed E-state index contributed by atoms with van der Waals surface area (Å²) in [6.45, 7) is 1.05. The number of ether oxygens (including phenoxy) is 1. The molecule has 2 aromatic carbocycles. The third-order valence-corrected chi connectivity index (χ3v) is 5.76. The predicted molar refractivity (Wildman–Crippen MR) is 123 cm³/mol. The first-order valence-corrected chi connectivity index (χ1v) is 11.0. The molecule has 0 saturated heterocycles. The van der Waals surface area contributed by atoms with E-state index in [1.54, 1.807) is 11.0 Å². The van der Waals surface area contributed by atoms with Crippen molar-refractivity contribution < 1.29 is 9.53 Å². The molecule has 160 valence electrons. The van der Waals surface area contributed by atoms with Gasteiger partial charge in [-0.1, -0.05) is 36.4 Å². The molecule has 0 bridgehead atoms. The molecule has 3 heterocycles. The van der Waals surface area contributed by atoms with Gasteiger partial charge in [0.05, 0.1) is 18.7 Å². The molecule has 0 spiro atoms. The quantitative estimate of drug-likeness (QED) is 0.392. The molecule has 0 aliphatic heterocycles. The minimum atomic E-state index is -0.0978. The predicted octanol–water partition coefficient (Wildman–Crippen LogP) is 3.91. The molecule has 9 heteroatoms. The minimum Gasteiger partial charge on any atom is -0.492 e. The number of benzene rings is 2. The highest BCUT2D eigenvalue weighted by Crippen LogP contribution is 2.24. The second-order valence-corrected chi connectivity index (χ2v) is 7.97. The normalized spacial score (nSPS) is 11.0. The molecule has 1 N–H and O–H groups in total. The molecular weight excluding hydrogens is 424 g/mol. The van der Waals surface area contributed by atoms with Crippen molar-refractivity contribution in [1.29, 1.82) is 0 Å². The van der Waals surface area contributed by atoms with Gasteiger partial charge < -0.3 is 10.1 Å². The summed E-state index contributed by atoms with van der Waals surface area (Å²) in [5.74, 6) is 0.586. The standard InChI is InChI=1S/C23H20N6O2S/c30-22(26-18-7-4-8-20(11-18)31-10-9-28-16-24-15-25-28)12-19-14-32-23-27-21(13-29(19)23)17-5-2-1-3-6-17/h1-8,11,13-16H,9-10,12H2,(H,26,30). The van der Waals surface area contributed by atoms with Gasteiger partial charge in [-0.05, 0) is 12.1 Å². The van der Waals surface area contributed by atoms with Crippen LogP contribution in [0.2, 0.25) is 0 Å². The van der Waals surface area contributed by atoms with Gasteiger partial charge in [-0.15, -0.1) is 11.3 Å². The maximum absolute atomic E-state index is 12.7. The second-order valence-electron chi connectivity index (χ2n) is 7.13. The number of amides is 1. The summed E-state index contributed by atoms with van der Waals surface area (Å²) in [7, 11) is 0. The molecule has 5 aromatic rings. The van der Waals surface area contributed by atoms with E-state index in [1.807, 2.05) is 70.6 Å². The fourth-order valence-corrected chi connectivity index (χ4v) is 4.22. The van der Waals surface area contributed by atoms with Crippen LogP contribution >= 0.6 is 11.3 Å². The van der Waals surface area contributed by atoms with E-state index in [1.165, 1.54) is 17.7 Å². The number of fused-ring (bicyclic) bond motifs is 1. The van der Waals surface area contributed by atoms with Crippen LogP contribution < -0.4 is 10.1 Å². The Hall–Kier alpha value is -3.98. The minimum absolute atomic E-state index is 0.0978. The van der Waals surface area contributed by atoms with E-state index in [2.05, 4.69) is 20.4 Å². The lowest BCUT2D eigenvalue weighted by molar-refractivity contribution is -0.115. The molecule has 0 atom stereocenters. The lowest BCUT2D eigenvalue weighted by Gasteiger charge is -2.09. The van der Waals surface area contributed by atoms with Gasteiger partial charge in [-0.25, -0.2) is 14.6 Å². The van der Waals surface area contributed by atoms with Gasteiger partial charge in [0.15, 0.2) is 4.96 Å². The molecule has 0 fully saturated rings. The number of thiazole rings is 1. The fraction of sp³-hybridized carbons (Fsp3) is 0.130. The number of carbonyl (C=O) groups excluding carboxylic acids is 1. The van der Waals surface area contributed by atoms with Crippen molar-refractivity contribution in [3.8, 4) is 17.0 Å². The first-order chi connectivity index (χ1) is 15.7. The van der Waals surface area contributed by atoms with Crippen molar-refractivity contribution >= 4 is 27.9 Å². The summed E-state index contributed by atoms with van der Waals surface area (Å²) in [5, 5.41) is 8.97. The maximum Gasteiger partial charge on any atom is 0.230 e. The van der Waals surface area contributed by atoms with E-state index in [9.17, 15) is 4.79 Å². The Bertz CT molecular complexity index is 1330. The van der Waals surface area contributed by atoms with E-state index in [0.29, 0.717) is 24.6 Å². The SMILES string of the molecule is O=C(Cc1csc2nc(-c3ccccc3)cn12)Nc1cccc(OCCn2cncn2)c1. The molecule has 0 radical (unpaired) electrons. The summed E-state index contributed by atoms with van der Waals surface area (Å²) in [6, 6.07) is 17.4. The number of imidazole rings is 1. The molecule has 0 aliphatic carbocycles. The van der Waals surface area contributed by atoms with Gasteiger partial charge in [-0.3, -0.25) is 9.20 Å². The van der Waals surface area contributed by atoms with Crippen LogP contribution in [-0.2, 0) is 17.8 Å². The van der Waals surface area contributed by atoms with Crippen LogP contribution in [0.5, 0.6) is 5.75 Å². The number of hydrogen-bond donors (Lipinski definition) is 1. The largest absolute Gasteiger partial charge is 0.492 e. The third kappa shape index (κ3) is 4.52. The van der Waals surface area contributed by atoms with Gasteiger partial charge in [0.2, 0.25) is 5.91 Å². The highest BCUT2D eigenvalue weighted by molar-refractivity contribution is 7.15.